The van der Waals surface area contributed by atoms with E-state index in [1.807, 2.05) is 20.8 Å². The zero-order valence-corrected chi connectivity index (χ0v) is 32.7. The van der Waals surface area contributed by atoms with E-state index in [9.17, 15) is 9.90 Å². The average Bonchev–Trinajstić information content (AvgIpc) is 2.86. The van der Waals surface area contributed by atoms with Crippen molar-refractivity contribution < 1.29 is 14.3 Å². The smallest absolute Gasteiger partial charge is 0.160 e. The third-order valence-electron chi connectivity index (χ3n) is 11.5. The Morgan fingerprint density at radius 1 is 0.579 bits per heavy atom. The lowest BCUT2D eigenvalue weighted by Gasteiger charge is -2.65. The van der Waals surface area contributed by atoms with E-state index in [-0.39, 0.29) is 29.1 Å². The van der Waals surface area contributed by atoms with Crippen molar-refractivity contribution in [2.75, 3.05) is 0 Å². The summed E-state index contributed by atoms with van der Waals surface area (Å²) < 4.78 is 8.28. The summed E-state index contributed by atoms with van der Waals surface area (Å²) in [5, 5.41) is 10.8. The Labute approximate surface area is 243 Å². The predicted molar refractivity (Wildman–Crippen MR) is 181 cm³/mol. The number of ketones is 1. The van der Waals surface area contributed by atoms with Crippen molar-refractivity contribution in [1.82, 2.24) is 0 Å². The van der Waals surface area contributed by atoms with E-state index in [1.54, 1.807) is 0 Å². The van der Waals surface area contributed by atoms with Crippen LogP contribution in [0.5, 0.6) is 0 Å². The molecule has 1 N–H and O–H groups in total. The van der Waals surface area contributed by atoms with E-state index >= 15 is 0 Å². The van der Waals surface area contributed by atoms with Crippen molar-refractivity contribution >= 4 is 35.4 Å². The lowest BCUT2D eigenvalue weighted by molar-refractivity contribution is -0.125. The molecule has 0 spiro atoms. The van der Waals surface area contributed by atoms with Crippen LogP contribution in [0.4, 0.5) is 0 Å². The van der Waals surface area contributed by atoms with Gasteiger partial charge in [-0.25, -0.2) is 0 Å². The maximum atomic E-state index is 13.6. The highest BCUT2D eigenvalue weighted by Crippen LogP contribution is 2.52. The van der Waals surface area contributed by atoms with Gasteiger partial charge in [-0.15, -0.1) is 0 Å². The predicted octanol–water partition coefficient (Wildman–Crippen LogP) is 9.88. The molecule has 0 radical (unpaired) electrons. The van der Waals surface area contributed by atoms with Crippen LogP contribution >= 0.6 is 0 Å². The fraction of sp³-hybridized carbons (Fsp3) is 0.968. The fourth-order valence-electron chi connectivity index (χ4n) is 8.10. The van der Waals surface area contributed by atoms with Gasteiger partial charge < -0.3 is 9.53 Å². The third-order valence-corrected chi connectivity index (χ3v) is 81.4. The lowest BCUT2D eigenvalue weighted by Crippen LogP contribution is -2.90. The standard InChI is InChI=1S/C31H70O3Si4/c1-16-35(17-2,18-3)38(36(19-4,20-5)21-6,37(22-7,23-8)24-9)34-29(31(13,14)15)26-27(32)25-28(33)30(10,11)12/h28-29,33H,16-26H2,1-15H3/t28-,29+/m1/s1. The van der Waals surface area contributed by atoms with E-state index < -0.39 is 35.7 Å². The van der Waals surface area contributed by atoms with E-state index in [0.717, 1.165) is 0 Å². The van der Waals surface area contributed by atoms with Crippen LogP contribution in [-0.4, -0.2) is 52.7 Å². The molecule has 7 heteroatoms. The van der Waals surface area contributed by atoms with Gasteiger partial charge in [0.05, 0.1) is 35.0 Å². The summed E-state index contributed by atoms with van der Waals surface area (Å²) in [4.78, 5) is 13.6. The molecule has 0 unspecified atom stereocenters. The van der Waals surface area contributed by atoms with E-state index in [4.69, 9.17) is 4.43 Å². The van der Waals surface area contributed by atoms with Crippen LogP contribution in [0.1, 0.15) is 117 Å². The van der Waals surface area contributed by atoms with E-state index in [2.05, 4.69) is 83.1 Å². The minimum absolute atomic E-state index is 0.0570. The molecule has 38 heavy (non-hydrogen) atoms. The highest BCUT2D eigenvalue weighted by molar-refractivity contribution is 7.88. The van der Waals surface area contributed by atoms with Gasteiger partial charge in [0.1, 0.15) is 5.78 Å². The van der Waals surface area contributed by atoms with Crippen molar-refractivity contribution in [3.63, 3.8) is 0 Å². The molecule has 0 amide bonds. The van der Waals surface area contributed by atoms with Crippen molar-refractivity contribution in [2.45, 2.75) is 183 Å². The Morgan fingerprint density at radius 2 is 0.868 bits per heavy atom. The molecule has 3 nitrogen and oxygen atoms in total. The van der Waals surface area contributed by atoms with E-state index in [0.29, 0.717) is 6.42 Å². The number of Topliss-reactive ketones (excluding diaryl/α,β-unsaturated/α-hetero) is 1. The molecule has 0 aliphatic carbocycles. The highest BCUT2D eigenvalue weighted by Gasteiger charge is 2.73. The van der Waals surface area contributed by atoms with Crippen molar-refractivity contribution in [3.05, 3.63) is 0 Å². The molecule has 0 aliphatic rings. The first-order chi connectivity index (χ1) is 17.4. The van der Waals surface area contributed by atoms with Crippen LogP contribution in [0, 0.1) is 10.8 Å². The summed E-state index contributed by atoms with van der Waals surface area (Å²) in [6.07, 6.45) is 0.0232. The summed E-state index contributed by atoms with van der Waals surface area (Å²) in [5.41, 5.74) is -0.398. The first-order valence-corrected chi connectivity index (χ1v) is 29.1. The second-order valence-corrected chi connectivity index (χ2v) is 50.5. The molecule has 0 aliphatic heterocycles. The second-order valence-electron chi connectivity index (χ2n) is 14.5. The van der Waals surface area contributed by atoms with Gasteiger partial charge in [0.15, 0.2) is 6.87 Å². The van der Waals surface area contributed by atoms with Gasteiger partial charge in [0, 0.05) is 12.8 Å². The van der Waals surface area contributed by atoms with Crippen LogP contribution in [-0.2, 0) is 9.22 Å². The molecule has 2 atom stereocenters. The summed E-state index contributed by atoms with van der Waals surface area (Å²) in [5.74, 6) is 0.181. The molecule has 0 aromatic heterocycles. The first-order valence-electron chi connectivity index (χ1n) is 16.3. The van der Waals surface area contributed by atoms with Gasteiger partial charge in [-0.3, -0.25) is 4.79 Å². The maximum Gasteiger partial charge on any atom is 0.160 e. The molecule has 228 valence electrons. The zero-order valence-electron chi connectivity index (χ0n) is 28.7. The minimum atomic E-state index is -2.25. The molecule has 0 saturated carbocycles. The Morgan fingerprint density at radius 3 is 1.08 bits per heavy atom. The Hall–Kier alpha value is 0.458. The summed E-state index contributed by atoms with van der Waals surface area (Å²) in [6.45, 7) is 33.4. The van der Waals surface area contributed by atoms with Crippen LogP contribution in [0.3, 0.4) is 0 Å². The Bertz CT molecular complexity index is 624. The third kappa shape index (κ3) is 7.26. The number of aliphatic hydroxyl groups is 1. The van der Waals surface area contributed by atoms with Gasteiger partial charge in [-0.1, -0.05) is 158 Å². The minimum Gasteiger partial charge on any atom is -0.422 e. The quantitative estimate of drug-likeness (QED) is 0.159. The van der Waals surface area contributed by atoms with Gasteiger partial charge in [-0.05, 0) is 10.8 Å². The molecule has 0 rings (SSSR count). The Kier molecular flexibility index (Phi) is 15.3. The molecular weight excluding hydrogens is 533 g/mol. The van der Waals surface area contributed by atoms with Gasteiger partial charge in [-0.2, -0.15) is 0 Å². The van der Waals surface area contributed by atoms with Gasteiger partial charge in [0.2, 0.25) is 0 Å². The number of aliphatic hydroxyl groups excluding tert-OH is 1. The van der Waals surface area contributed by atoms with Crippen molar-refractivity contribution in [2.24, 2.45) is 10.8 Å². The van der Waals surface area contributed by atoms with E-state index in [1.165, 1.54) is 54.4 Å². The maximum absolute atomic E-state index is 13.6. The number of hydrogen-bond acceptors (Lipinski definition) is 3. The first kappa shape index (κ1) is 38.5. The second kappa shape index (κ2) is 15.1. The fourth-order valence-corrected chi connectivity index (χ4v) is 108. The van der Waals surface area contributed by atoms with Crippen LogP contribution in [0.2, 0.25) is 54.4 Å². The summed E-state index contributed by atoms with van der Waals surface area (Å²) >= 11 is 0. The molecule has 0 bridgehead atoms. The Balaban J connectivity index is 7.58. The van der Waals surface area contributed by atoms with Crippen LogP contribution in [0.25, 0.3) is 0 Å². The largest absolute Gasteiger partial charge is 0.422 e. The number of carbonyl (C=O) groups is 1. The average molecular weight is 603 g/mol. The molecule has 0 aromatic rings. The van der Waals surface area contributed by atoms with Crippen LogP contribution in [0.15, 0.2) is 0 Å². The highest BCUT2D eigenvalue weighted by atomic mass is 29.9. The molecule has 0 fully saturated rings. The van der Waals surface area contributed by atoms with Gasteiger partial charge >= 0.3 is 0 Å². The van der Waals surface area contributed by atoms with Crippen molar-refractivity contribution in [3.8, 4) is 0 Å². The molecule has 0 aromatic carbocycles. The lowest BCUT2D eigenvalue weighted by atomic mass is 9.82. The molecule has 0 saturated heterocycles. The summed E-state index contributed by atoms with van der Waals surface area (Å²) in [6, 6.07) is 12.0. The zero-order chi connectivity index (χ0) is 30.2. The normalized spacial score (nSPS) is 16.0. The summed E-state index contributed by atoms with van der Waals surface area (Å²) in [7, 11) is -5.31. The number of carbonyl (C=O) groups excluding carboxylic acids is 1. The van der Waals surface area contributed by atoms with Crippen LogP contribution < -0.4 is 0 Å². The monoisotopic (exact) mass is 602 g/mol. The molecule has 0 heterocycles. The molecular formula is C31H70O3Si4. The van der Waals surface area contributed by atoms with Gasteiger partial charge in [0.25, 0.3) is 0 Å². The topological polar surface area (TPSA) is 46.5 Å². The number of rotatable bonds is 18. The van der Waals surface area contributed by atoms with Crippen molar-refractivity contribution in [1.29, 1.82) is 0 Å². The SMILES string of the molecule is CC[Si](CC)(CC)[Si](O[C@@H](CC(=O)C[C@@H](O)C(C)(C)C)C(C)(C)C)([Si](CC)(CC)CC)[Si](CC)(CC)CC. The number of hydrogen-bond donors (Lipinski definition) is 1.